The van der Waals surface area contributed by atoms with E-state index in [1.807, 2.05) is 30.3 Å². The maximum Gasteiger partial charge on any atom is 0.133 e. The number of benzene rings is 2. The van der Waals surface area contributed by atoms with E-state index in [9.17, 15) is 0 Å². The number of methoxy groups -OCH3 is 1. The molecule has 2 nitrogen and oxygen atoms in total. The van der Waals surface area contributed by atoms with E-state index in [-0.39, 0.29) is 6.04 Å². The highest BCUT2D eigenvalue weighted by atomic mass is 127. The standard InChI is InChI=1S/C14H13BrINO/c1-18-13-6-5-10(8-12(13)15)14(17)9-3-2-4-11(16)7-9/h2-8,14H,17H2,1H3. The lowest BCUT2D eigenvalue weighted by molar-refractivity contribution is 0.412. The highest BCUT2D eigenvalue weighted by molar-refractivity contribution is 14.1. The van der Waals surface area contributed by atoms with E-state index >= 15 is 0 Å². The second-order valence-electron chi connectivity index (χ2n) is 3.93. The van der Waals surface area contributed by atoms with Crippen molar-refractivity contribution in [2.24, 2.45) is 5.73 Å². The first-order valence-electron chi connectivity index (χ1n) is 5.46. The van der Waals surface area contributed by atoms with Gasteiger partial charge in [-0.2, -0.15) is 0 Å². The fourth-order valence-corrected chi connectivity index (χ4v) is 2.89. The Bertz CT molecular complexity index is 559. The van der Waals surface area contributed by atoms with Crippen molar-refractivity contribution < 1.29 is 4.74 Å². The van der Waals surface area contributed by atoms with Crippen molar-refractivity contribution in [3.63, 3.8) is 0 Å². The molecule has 0 radical (unpaired) electrons. The highest BCUT2D eigenvalue weighted by Crippen LogP contribution is 2.29. The zero-order valence-corrected chi connectivity index (χ0v) is 13.6. The van der Waals surface area contributed by atoms with Crippen LogP contribution < -0.4 is 10.5 Å². The predicted octanol–water partition coefficient (Wildman–Crippen LogP) is 4.11. The van der Waals surface area contributed by atoms with Gasteiger partial charge >= 0.3 is 0 Å². The molecule has 0 saturated heterocycles. The first-order chi connectivity index (χ1) is 8.61. The monoisotopic (exact) mass is 417 g/mol. The van der Waals surface area contributed by atoms with Crippen molar-refractivity contribution in [3.8, 4) is 5.75 Å². The minimum atomic E-state index is -0.123. The summed E-state index contributed by atoms with van der Waals surface area (Å²) in [5, 5.41) is 0. The molecule has 2 aromatic carbocycles. The Labute approximate surface area is 129 Å². The molecule has 0 aliphatic heterocycles. The van der Waals surface area contributed by atoms with Crippen LogP contribution in [0.3, 0.4) is 0 Å². The van der Waals surface area contributed by atoms with E-state index in [1.54, 1.807) is 7.11 Å². The van der Waals surface area contributed by atoms with Gasteiger partial charge < -0.3 is 10.5 Å². The lowest BCUT2D eigenvalue weighted by Gasteiger charge is -2.14. The third-order valence-corrected chi connectivity index (χ3v) is 4.03. The van der Waals surface area contributed by atoms with Crippen LogP contribution in [0.5, 0.6) is 5.75 Å². The van der Waals surface area contributed by atoms with Crippen molar-refractivity contribution in [2.75, 3.05) is 7.11 Å². The summed E-state index contributed by atoms with van der Waals surface area (Å²) >= 11 is 5.77. The van der Waals surface area contributed by atoms with Crippen molar-refractivity contribution in [3.05, 3.63) is 61.6 Å². The van der Waals surface area contributed by atoms with Crippen LogP contribution in [0, 0.1) is 3.57 Å². The molecule has 0 amide bonds. The maximum atomic E-state index is 6.28. The van der Waals surface area contributed by atoms with Crippen LogP contribution in [0.15, 0.2) is 46.9 Å². The van der Waals surface area contributed by atoms with E-state index in [2.05, 4.69) is 50.7 Å². The van der Waals surface area contributed by atoms with E-state index < -0.39 is 0 Å². The van der Waals surface area contributed by atoms with Crippen LogP contribution in [0.25, 0.3) is 0 Å². The normalized spacial score (nSPS) is 12.2. The Hall–Kier alpha value is -0.590. The molecule has 0 spiro atoms. The summed E-state index contributed by atoms with van der Waals surface area (Å²) in [6.07, 6.45) is 0. The molecule has 0 aliphatic rings. The number of halogens is 2. The van der Waals surface area contributed by atoms with Crippen molar-refractivity contribution in [1.82, 2.24) is 0 Å². The van der Waals surface area contributed by atoms with Gasteiger partial charge in [0.15, 0.2) is 0 Å². The van der Waals surface area contributed by atoms with Crippen molar-refractivity contribution >= 4 is 38.5 Å². The molecule has 0 aromatic heterocycles. The minimum Gasteiger partial charge on any atom is -0.496 e. The molecule has 0 bridgehead atoms. The molecule has 1 atom stereocenters. The first kappa shape index (κ1) is 13.8. The van der Waals surface area contributed by atoms with Gasteiger partial charge in [0.25, 0.3) is 0 Å². The van der Waals surface area contributed by atoms with Crippen LogP contribution in [0.4, 0.5) is 0 Å². The summed E-state index contributed by atoms with van der Waals surface area (Å²) < 4.78 is 7.32. The van der Waals surface area contributed by atoms with Crippen LogP contribution in [0.1, 0.15) is 17.2 Å². The van der Waals surface area contributed by atoms with E-state index in [1.165, 1.54) is 3.57 Å². The van der Waals surface area contributed by atoms with Crippen molar-refractivity contribution in [1.29, 1.82) is 0 Å². The maximum absolute atomic E-state index is 6.28. The average Bonchev–Trinajstić information content (AvgIpc) is 2.37. The number of ether oxygens (including phenoxy) is 1. The number of hydrogen-bond donors (Lipinski definition) is 1. The van der Waals surface area contributed by atoms with Crippen LogP contribution >= 0.6 is 38.5 Å². The first-order valence-corrected chi connectivity index (χ1v) is 7.33. The molecular formula is C14H13BrINO. The summed E-state index contributed by atoms with van der Waals surface area (Å²) in [7, 11) is 1.65. The van der Waals surface area contributed by atoms with Crippen LogP contribution in [-0.2, 0) is 0 Å². The van der Waals surface area contributed by atoms with Crippen LogP contribution in [-0.4, -0.2) is 7.11 Å². The molecule has 4 heteroatoms. The highest BCUT2D eigenvalue weighted by Gasteiger charge is 2.11. The molecule has 94 valence electrons. The quantitative estimate of drug-likeness (QED) is 0.762. The number of hydrogen-bond acceptors (Lipinski definition) is 2. The molecule has 1 unspecified atom stereocenters. The molecular weight excluding hydrogens is 405 g/mol. The second kappa shape index (κ2) is 6.04. The molecule has 0 aliphatic carbocycles. The smallest absolute Gasteiger partial charge is 0.133 e. The van der Waals surface area contributed by atoms with Gasteiger partial charge in [0.1, 0.15) is 5.75 Å². The largest absolute Gasteiger partial charge is 0.496 e. The molecule has 0 heterocycles. The fourth-order valence-electron chi connectivity index (χ4n) is 1.77. The topological polar surface area (TPSA) is 35.2 Å². The second-order valence-corrected chi connectivity index (χ2v) is 6.03. The third kappa shape index (κ3) is 3.05. The Morgan fingerprint density at radius 2 is 1.89 bits per heavy atom. The fraction of sp³-hybridized carbons (Fsp3) is 0.143. The zero-order chi connectivity index (χ0) is 13.1. The summed E-state index contributed by atoms with van der Waals surface area (Å²) in [6, 6.07) is 14.0. The Morgan fingerprint density at radius 3 is 2.50 bits per heavy atom. The molecule has 18 heavy (non-hydrogen) atoms. The predicted molar refractivity (Wildman–Crippen MR) is 85.9 cm³/mol. The zero-order valence-electron chi connectivity index (χ0n) is 9.86. The Balaban J connectivity index is 2.34. The molecule has 2 aromatic rings. The average molecular weight is 418 g/mol. The third-order valence-electron chi connectivity index (χ3n) is 2.74. The van der Waals surface area contributed by atoms with E-state index in [0.717, 1.165) is 21.3 Å². The lowest BCUT2D eigenvalue weighted by Crippen LogP contribution is -2.12. The molecule has 0 fully saturated rings. The van der Waals surface area contributed by atoms with Gasteiger partial charge in [-0.1, -0.05) is 18.2 Å². The van der Waals surface area contributed by atoms with E-state index in [0.29, 0.717) is 0 Å². The van der Waals surface area contributed by atoms with Gasteiger partial charge in [0, 0.05) is 3.57 Å². The van der Waals surface area contributed by atoms with Gasteiger partial charge in [-0.3, -0.25) is 0 Å². The summed E-state index contributed by atoms with van der Waals surface area (Å²) in [6.45, 7) is 0. The molecule has 2 N–H and O–H groups in total. The number of nitrogens with two attached hydrogens (primary N) is 1. The Kier molecular flexibility index (Phi) is 4.64. The Morgan fingerprint density at radius 1 is 1.17 bits per heavy atom. The van der Waals surface area contributed by atoms with Gasteiger partial charge in [-0.05, 0) is 73.9 Å². The molecule has 2 rings (SSSR count). The SMILES string of the molecule is COc1ccc(C(N)c2cccc(I)c2)cc1Br. The van der Waals surface area contributed by atoms with E-state index in [4.69, 9.17) is 10.5 Å². The summed E-state index contributed by atoms with van der Waals surface area (Å²) in [5.41, 5.74) is 8.45. The molecule has 0 saturated carbocycles. The van der Waals surface area contributed by atoms with Gasteiger partial charge in [-0.15, -0.1) is 0 Å². The van der Waals surface area contributed by atoms with Gasteiger partial charge in [-0.25, -0.2) is 0 Å². The minimum absolute atomic E-state index is 0.123. The van der Waals surface area contributed by atoms with Crippen molar-refractivity contribution in [2.45, 2.75) is 6.04 Å². The van der Waals surface area contributed by atoms with Gasteiger partial charge in [0.2, 0.25) is 0 Å². The summed E-state index contributed by atoms with van der Waals surface area (Å²) in [4.78, 5) is 0. The number of rotatable bonds is 3. The lowest BCUT2D eigenvalue weighted by atomic mass is 10.00. The van der Waals surface area contributed by atoms with Gasteiger partial charge in [0.05, 0.1) is 17.6 Å². The van der Waals surface area contributed by atoms with Crippen LogP contribution in [0.2, 0.25) is 0 Å². The summed E-state index contributed by atoms with van der Waals surface area (Å²) in [5.74, 6) is 0.814.